The third-order valence-electron chi connectivity index (χ3n) is 3.75. The van der Waals surface area contributed by atoms with Crippen LogP contribution in [0.5, 0.6) is 0 Å². The molecule has 0 amide bonds. The first-order valence-electron chi connectivity index (χ1n) is 6.80. The van der Waals surface area contributed by atoms with Crippen LogP contribution in [-0.4, -0.2) is 75.2 Å². The van der Waals surface area contributed by atoms with E-state index in [-0.39, 0.29) is 12.0 Å². The quantitative estimate of drug-likeness (QED) is 0.711. The first-order chi connectivity index (χ1) is 8.62. The third-order valence-corrected chi connectivity index (χ3v) is 3.75. The van der Waals surface area contributed by atoms with E-state index < -0.39 is 0 Å². The zero-order chi connectivity index (χ0) is 13.5. The summed E-state index contributed by atoms with van der Waals surface area (Å²) in [6, 6.07) is 0.297. The maximum Gasteiger partial charge on any atom is 0.324 e. The largest absolute Gasteiger partial charge is 0.468 e. The second-order valence-electron chi connectivity index (χ2n) is 5.04. The van der Waals surface area contributed by atoms with Crippen molar-refractivity contribution in [2.45, 2.75) is 31.8 Å². The highest BCUT2D eigenvalue weighted by Gasteiger charge is 2.27. The van der Waals surface area contributed by atoms with E-state index in [0.717, 1.165) is 39.0 Å². The minimum Gasteiger partial charge on any atom is -0.468 e. The van der Waals surface area contributed by atoms with Gasteiger partial charge in [0.25, 0.3) is 0 Å². The highest BCUT2D eigenvalue weighted by atomic mass is 16.5. The van der Waals surface area contributed by atoms with E-state index in [1.54, 1.807) is 0 Å². The number of hydrogen-bond acceptors (Lipinski definition) is 5. The number of carbonyl (C=O) groups excluding carboxylic acids is 1. The zero-order valence-corrected chi connectivity index (χ0v) is 12.1. The van der Waals surface area contributed by atoms with Crippen molar-refractivity contribution in [3.05, 3.63) is 0 Å². The van der Waals surface area contributed by atoms with Crippen LogP contribution in [0.1, 0.15) is 19.8 Å². The fraction of sp³-hybridized carbons (Fsp3) is 0.923. The topological polar surface area (TPSA) is 44.8 Å². The molecule has 1 fully saturated rings. The molecule has 0 saturated carbocycles. The smallest absolute Gasteiger partial charge is 0.324 e. The molecule has 1 N–H and O–H groups in total. The Kier molecular flexibility index (Phi) is 6.60. The third kappa shape index (κ3) is 4.23. The fourth-order valence-corrected chi connectivity index (χ4v) is 2.58. The molecule has 0 spiro atoms. The SMILES string of the molecule is CCC1CN(C)CCCN1CC(NC)C(=O)OC. The van der Waals surface area contributed by atoms with Crippen molar-refractivity contribution in [1.82, 2.24) is 15.1 Å². The number of methoxy groups -OCH3 is 1. The molecule has 1 heterocycles. The lowest BCUT2D eigenvalue weighted by Crippen LogP contribution is -2.49. The second-order valence-corrected chi connectivity index (χ2v) is 5.04. The average Bonchev–Trinajstić information content (AvgIpc) is 2.56. The van der Waals surface area contributed by atoms with E-state index in [9.17, 15) is 4.79 Å². The summed E-state index contributed by atoms with van der Waals surface area (Å²) >= 11 is 0. The second kappa shape index (κ2) is 7.71. The van der Waals surface area contributed by atoms with Crippen molar-refractivity contribution in [2.75, 3.05) is 47.4 Å². The van der Waals surface area contributed by atoms with Gasteiger partial charge < -0.3 is 15.0 Å². The van der Waals surface area contributed by atoms with E-state index in [1.165, 1.54) is 7.11 Å². The van der Waals surface area contributed by atoms with Crippen molar-refractivity contribution in [3.8, 4) is 0 Å². The van der Waals surface area contributed by atoms with Crippen molar-refractivity contribution in [2.24, 2.45) is 0 Å². The molecule has 0 radical (unpaired) electrons. The van der Waals surface area contributed by atoms with Gasteiger partial charge in [0.15, 0.2) is 0 Å². The molecule has 106 valence electrons. The fourth-order valence-electron chi connectivity index (χ4n) is 2.58. The van der Waals surface area contributed by atoms with Gasteiger partial charge in [-0.3, -0.25) is 9.69 Å². The number of ether oxygens (including phenoxy) is 1. The summed E-state index contributed by atoms with van der Waals surface area (Å²) in [5.74, 6) is -0.176. The normalized spacial score (nSPS) is 24.6. The molecule has 0 aliphatic carbocycles. The molecule has 18 heavy (non-hydrogen) atoms. The monoisotopic (exact) mass is 257 g/mol. The number of hydrogen-bond donors (Lipinski definition) is 1. The lowest BCUT2D eigenvalue weighted by molar-refractivity contribution is -0.143. The van der Waals surface area contributed by atoms with E-state index in [2.05, 4.69) is 29.1 Å². The van der Waals surface area contributed by atoms with Gasteiger partial charge in [-0.25, -0.2) is 0 Å². The highest BCUT2D eigenvalue weighted by molar-refractivity contribution is 5.75. The molecular weight excluding hydrogens is 230 g/mol. The van der Waals surface area contributed by atoms with Crippen LogP contribution in [0.4, 0.5) is 0 Å². The van der Waals surface area contributed by atoms with Crippen LogP contribution in [0, 0.1) is 0 Å². The Bertz CT molecular complexity index is 261. The Labute approximate surface area is 110 Å². The van der Waals surface area contributed by atoms with E-state index in [4.69, 9.17) is 4.74 Å². The molecule has 0 bridgehead atoms. The van der Waals surface area contributed by atoms with Gasteiger partial charge in [0, 0.05) is 19.1 Å². The Morgan fingerprint density at radius 2 is 2.22 bits per heavy atom. The number of esters is 1. The van der Waals surface area contributed by atoms with Gasteiger partial charge in [-0.2, -0.15) is 0 Å². The van der Waals surface area contributed by atoms with Crippen LogP contribution >= 0.6 is 0 Å². The molecule has 2 atom stereocenters. The molecule has 5 nitrogen and oxygen atoms in total. The number of rotatable bonds is 5. The summed E-state index contributed by atoms with van der Waals surface area (Å²) in [6.45, 7) is 6.21. The zero-order valence-electron chi connectivity index (χ0n) is 12.1. The van der Waals surface area contributed by atoms with Crippen LogP contribution in [0.2, 0.25) is 0 Å². The molecule has 5 heteroatoms. The minimum absolute atomic E-state index is 0.176. The Morgan fingerprint density at radius 1 is 1.50 bits per heavy atom. The van der Waals surface area contributed by atoms with Gasteiger partial charge in [0.2, 0.25) is 0 Å². The van der Waals surface area contributed by atoms with Gasteiger partial charge in [0.05, 0.1) is 7.11 Å². The van der Waals surface area contributed by atoms with E-state index >= 15 is 0 Å². The van der Waals surface area contributed by atoms with Gasteiger partial charge in [-0.1, -0.05) is 6.92 Å². The molecule has 1 aliphatic rings. The van der Waals surface area contributed by atoms with Gasteiger partial charge in [-0.15, -0.1) is 0 Å². The molecule has 1 saturated heterocycles. The first kappa shape index (κ1) is 15.4. The summed E-state index contributed by atoms with van der Waals surface area (Å²) in [5.41, 5.74) is 0. The summed E-state index contributed by atoms with van der Waals surface area (Å²) < 4.78 is 4.83. The molecule has 0 aromatic carbocycles. The van der Waals surface area contributed by atoms with Crippen LogP contribution in [-0.2, 0) is 9.53 Å². The van der Waals surface area contributed by atoms with Gasteiger partial charge >= 0.3 is 5.97 Å². The number of nitrogens with zero attached hydrogens (tertiary/aromatic N) is 2. The number of nitrogens with one attached hydrogen (secondary N) is 1. The van der Waals surface area contributed by atoms with Gasteiger partial charge in [0.1, 0.15) is 6.04 Å². The lowest BCUT2D eigenvalue weighted by Gasteiger charge is -2.32. The summed E-state index contributed by atoms with van der Waals surface area (Å²) in [4.78, 5) is 16.4. The predicted octanol–water partition coefficient (Wildman–Crippen LogP) is 0.164. The van der Waals surface area contributed by atoms with Gasteiger partial charge in [-0.05, 0) is 40.0 Å². The Hall–Kier alpha value is -0.650. The summed E-state index contributed by atoms with van der Waals surface area (Å²) in [7, 11) is 5.43. The highest BCUT2D eigenvalue weighted by Crippen LogP contribution is 2.12. The molecule has 1 aliphatic heterocycles. The van der Waals surface area contributed by atoms with Crippen molar-refractivity contribution in [1.29, 1.82) is 0 Å². The summed E-state index contributed by atoms with van der Waals surface area (Å²) in [5, 5.41) is 3.05. The standard InChI is InChI=1S/C13H27N3O2/c1-5-11-9-15(3)7-6-8-16(11)10-12(14-2)13(17)18-4/h11-12,14H,5-10H2,1-4H3. The molecule has 1 rings (SSSR count). The number of likely N-dealkylation sites (N-methyl/N-ethyl adjacent to an activating group) is 2. The maximum atomic E-state index is 11.6. The van der Waals surface area contributed by atoms with Crippen molar-refractivity contribution < 1.29 is 9.53 Å². The summed E-state index contributed by atoms with van der Waals surface area (Å²) in [6.07, 6.45) is 2.27. The molecule has 0 aromatic heterocycles. The maximum absolute atomic E-state index is 11.6. The van der Waals surface area contributed by atoms with Crippen LogP contribution in [0.25, 0.3) is 0 Å². The predicted molar refractivity (Wildman–Crippen MR) is 72.6 cm³/mol. The minimum atomic E-state index is -0.229. The van der Waals surface area contributed by atoms with Crippen LogP contribution < -0.4 is 5.32 Å². The van der Waals surface area contributed by atoms with E-state index in [1.807, 2.05) is 7.05 Å². The van der Waals surface area contributed by atoms with Crippen molar-refractivity contribution >= 4 is 5.97 Å². The molecule has 0 aromatic rings. The Balaban J connectivity index is 2.63. The lowest BCUT2D eigenvalue weighted by atomic mass is 10.1. The van der Waals surface area contributed by atoms with Crippen LogP contribution in [0.15, 0.2) is 0 Å². The number of carbonyl (C=O) groups is 1. The van der Waals surface area contributed by atoms with Crippen molar-refractivity contribution in [3.63, 3.8) is 0 Å². The average molecular weight is 257 g/mol. The van der Waals surface area contributed by atoms with E-state index in [0.29, 0.717) is 6.04 Å². The Morgan fingerprint density at radius 3 is 2.78 bits per heavy atom. The molecule has 2 unspecified atom stereocenters. The van der Waals surface area contributed by atoms with Crippen LogP contribution in [0.3, 0.4) is 0 Å². The molecular formula is C13H27N3O2. The first-order valence-corrected chi connectivity index (χ1v) is 6.80.